The third-order valence-electron chi connectivity index (χ3n) is 4.98. The van der Waals surface area contributed by atoms with Gasteiger partial charge in [-0.15, -0.1) is 0 Å². The lowest BCUT2D eigenvalue weighted by atomic mass is 10.1. The fourth-order valence-electron chi connectivity index (χ4n) is 2.93. The fraction of sp³-hybridized carbons (Fsp3) is 0.381. The van der Waals surface area contributed by atoms with E-state index in [1.165, 1.54) is 4.31 Å². The lowest BCUT2D eigenvalue weighted by Gasteiger charge is -2.35. The van der Waals surface area contributed by atoms with Crippen molar-refractivity contribution in [1.82, 2.24) is 5.32 Å². The van der Waals surface area contributed by atoms with E-state index >= 15 is 0 Å². The summed E-state index contributed by atoms with van der Waals surface area (Å²) in [4.78, 5) is 12.9. The van der Waals surface area contributed by atoms with E-state index in [9.17, 15) is 13.2 Å². The Balaban J connectivity index is 1.99. The molecule has 0 fully saturated rings. The van der Waals surface area contributed by atoms with E-state index in [4.69, 9.17) is 4.74 Å². The van der Waals surface area contributed by atoms with E-state index in [-0.39, 0.29) is 29.3 Å². The van der Waals surface area contributed by atoms with E-state index in [0.717, 1.165) is 5.56 Å². The highest BCUT2D eigenvalue weighted by molar-refractivity contribution is 7.92. The molecule has 0 aliphatic carbocycles. The Morgan fingerprint density at radius 1 is 1.14 bits per heavy atom. The van der Waals surface area contributed by atoms with Gasteiger partial charge in [0, 0.05) is 6.04 Å². The van der Waals surface area contributed by atoms with Gasteiger partial charge in [-0.25, -0.2) is 8.42 Å². The Morgan fingerprint density at radius 2 is 1.82 bits per heavy atom. The van der Waals surface area contributed by atoms with Crippen molar-refractivity contribution in [2.24, 2.45) is 5.92 Å². The van der Waals surface area contributed by atoms with Crippen LogP contribution < -0.4 is 14.4 Å². The van der Waals surface area contributed by atoms with Crippen molar-refractivity contribution in [1.29, 1.82) is 0 Å². The van der Waals surface area contributed by atoms with E-state index < -0.39 is 16.1 Å². The molecular weight excluding hydrogens is 376 g/mol. The zero-order chi connectivity index (χ0) is 20.5. The van der Waals surface area contributed by atoms with Gasteiger partial charge >= 0.3 is 0 Å². The molecule has 0 bridgehead atoms. The molecule has 6 nitrogen and oxygen atoms in total. The first-order chi connectivity index (χ1) is 13.2. The molecule has 1 aliphatic heterocycles. The van der Waals surface area contributed by atoms with Gasteiger partial charge < -0.3 is 10.1 Å². The molecule has 0 spiro atoms. The van der Waals surface area contributed by atoms with Crippen molar-refractivity contribution in [3.8, 4) is 5.75 Å². The third-order valence-corrected chi connectivity index (χ3v) is 6.77. The van der Waals surface area contributed by atoms with E-state index in [0.29, 0.717) is 11.4 Å². The minimum atomic E-state index is -3.83. The number of rotatable bonds is 5. The van der Waals surface area contributed by atoms with Gasteiger partial charge in [0.05, 0.1) is 17.1 Å². The number of carbonyl (C=O) groups excluding carboxylic acids is 1. The van der Waals surface area contributed by atoms with E-state index in [1.807, 2.05) is 33.8 Å². The number of nitrogens with zero attached hydrogens (tertiary/aromatic N) is 1. The number of anilines is 1. The maximum absolute atomic E-state index is 13.3. The van der Waals surface area contributed by atoms with Crippen molar-refractivity contribution in [3.63, 3.8) is 0 Å². The normalized spacial score (nSPS) is 17.6. The summed E-state index contributed by atoms with van der Waals surface area (Å²) in [6, 6.07) is 13.5. The van der Waals surface area contributed by atoms with Gasteiger partial charge in [0.1, 0.15) is 5.75 Å². The van der Waals surface area contributed by atoms with Gasteiger partial charge in [0.15, 0.2) is 6.10 Å². The summed E-state index contributed by atoms with van der Waals surface area (Å²) in [5, 5.41) is 2.92. The standard InChI is InChI=1S/C21H26N2O4S/c1-14(2)16(4)22-21(24)20-13-23(18-12-15(3)10-11-19(18)27-20)28(25,26)17-8-6-5-7-9-17/h5-12,14,16,20H,13H2,1-4H3,(H,22,24)/t16-,20+/m1/s1. The second kappa shape index (κ2) is 7.83. The van der Waals surface area contributed by atoms with Gasteiger partial charge in [0.2, 0.25) is 0 Å². The van der Waals surface area contributed by atoms with Crippen LogP contribution >= 0.6 is 0 Å². The largest absolute Gasteiger partial charge is 0.476 e. The number of benzene rings is 2. The van der Waals surface area contributed by atoms with Crippen LogP contribution in [-0.2, 0) is 14.8 Å². The van der Waals surface area contributed by atoms with Crippen molar-refractivity contribution in [2.75, 3.05) is 10.8 Å². The van der Waals surface area contributed by atoms with Crippen molar-refractivity contribution >= 4 is 21.6 Å². The van der Waals surface area contributed by atoms with Gasteiger partial charge in [0.25, 0.3) is 15.9 Å². The molecule has 7 heteroatoms. The molecule has 1 aliphatic rings. The van der Waals surface area contributed by atoms with Crippen LogP contribution in [0, 0.1) is 12.8 Å². The minimum absolute atomic E-state index is 0.0466. The molecule has 1 heterocycles. The predicted molar refractivity (Wildman–Crippen MR) is 109 cm³/mol. The number of hydrogen-bond acceptors (Lipinski definition) is 4. The molecule has 150 valence electrons. The average Bonchev–Trinajstić information content (AvgIpc) is 2.67. The van der Waals surface area contributed by atoms with Crippen LogP contribution in [0.5, 0.6) is 5.75 Å². The lowest BCUT2D eigenvalue weighted by Crippen LogP contribution is -2.52. The predicted octanol–water partition coefficient (Wildman–Crippen LogP) is 3.11. The smallest absolute Gasteiger partial charge is 0.264 e. The molecule has 0 saturated carbocycles. The molecular formula is C21H26N2O4S. The van der Waals surface area contributed by atoms with Crippen LogP contribution in [0.1, 0.15) is 26.3 Å². The summed E-state index contributed by atoms with van der Waals surface area (Å²) in [6.45, 7) is 7.75. The number of sulfonamides is 1. The number of ether oxygens (including phenoxy) is 1. The summed E-state index contributed by atoms with van der Waals surface area (Å²) in [6.07, 6.45) is -0.921. The Bertz CT molecular complexity index is 958. The first kappa shape index (κ1) is 20.2. The number of carbonyl (C=O) groups is 1. The summed E-state index contributed by atoms with van der Waals surface area (Å²) in [5.41, 5.74) is 1.36. The summed E-state index contributed by atoms with van der Waals surface area (Å²) in [5.74, 6) is 0.320. The number of hydrogen-bond donors (Lipinski definition) is 1. The van der Waals surface area contributed by atoms with Crippen LogP contribution in [0.2, 0.25) is 0 Å². The highest BCUT2D eigenvalue weighted by Crippen LogP contribution is 2.37. The van der Waals surface area contributed by atoms with Crippen LogP contribution in [0.3, 0.4) is 0 Å². The highest BCUT2D eigenvalue weighted by Gasteiger charge is 2.38. The molecule has 2 atom stereocenters. The summed E-state index contributed by atoms with van der Waals surface area (Å²) in [7, 11) is -3.83. The van der Waals surface area contributed by atoms with Crippen LogP contribution in [-0.4, -0.2) is 33.0 Å². The molecule has 0 saturated heterocycles. The number of aryl methyl sites for hydroxylation is 1. The molecule has 0 radical (unpaired) electrons. The minimum Gasteiger partial charge on any atom is -0.476 e. The maximum atomic E-state index is 13.3. The van der Waals surface area contributed by atoms with Crippen molar-refractivity contribution in [2.45, 2.75) is 44.7 Å². The molecule has 1 N–H and O–H groups in total. The molecule has 0 aromatic heterocycles. The molecule has 1 amide bonds. The van der Waals surface area contributed by atoms with Gasteiger partial charge in [-0.1, -0.05) is 38.1 Å². The van der Waals surface area contributed by atoms with Crippen molar-refractivity contribution in [3.05, 3.63) is 54.1 Å². The monoisotopic (exact) mass is 402 g/mol. The number of amides is 1. The van der Waals surface area contributed by atoms with Crippen LogP contribution in [0.4, 0.5) is 5.69 Å². The molecule has 2 aromatic carbocycles. The third kappa shape index (κ3) is 3.99. The first-order valence-corrected chi connectivity index (χ1v) is 10.8. The topological polar surface area (TPSA) is 75.7 Å². The van der Waals surface area contributed by atoms with Gasteiger partial charge in [-0.3, -0.25) is 9.10 Å². The Morgan fingerprint density at radius 3 is 2.46 bits per heavy atom. The SMILES string of the molecule is Cc1ccc2c(c1)N(S(=O)(=O)c1ccccc1)C[C@@H](C(=O)N[C@H](C)C(C)C)O2. The number of fused-ring (bicyclic) bond motifs is 1. The van der Waals surface area contributed by atoms with E-state index in [2.05, 4.69) is 5.32 Å². The highest BCUT2D eigenvalue weighted by atomic mass is 32.2. The molecule has 3 rings (SSSR count). The second-order valence-electron chi connectivity index (χ2n) is 7.47. The average molecular weight is 403 g/mol. The Labute approximate surface area is 166 Å². The maximum Gasteiger partial charge on any atom is 0.264 e. The Kier molecular flexibility index (Phi) is 5.65. The van der Waals surface area contributed by atoms with Gasteiger partial charge in [-0.05, 0) is 49.6 Å². The zero-order valence-corrected chi connectivity index (χ0v) is 17.4. The molecule has 2 aromatic rings. The molecule has 0 unspecified atom stereocenters. The first-order valence-electron chi connectivity index (χ1n) is 9.35. The van der Waals surface area contributed by atoms with Crippen molar-refractivity contribution < 1.29 is 17.9 Å². The van der Waals surface area contributed by atoms with Crippen LogP contribution in [0.15, 0.2) is 53.4 Å². The summed E-state index contributed by atoms with van der Waals surface area (Å²) >= 11 is 0. The van der Waals surface area contributed by atoms with Crippen LogP contribution in [0.25, 0.3) is 0 Å². The second-order valence-corrected chi connectivity index (χ2v) is 9.33. The Hall–Kier alpha value is -2.54. The quantitative estimate of drug-likeness (QED) is 0.834. The zero-order valence-electron chi connectivity index (χ0n) is 16.5. The summed E-state index contributed by atoms with van der Waals surface area (Å²) < 4.78 is 33.7. The lowest BCUT2D eigenvalue weighted by molar-refractivity contribution is -0.128. The number of nitrogens with one attached hydrogen (secondary N) is 1. The van der Waals surface area contributed by atoms with Gasteiger partial charge in [-0.2, -0.15) is 0 Å². The van der Waals surface area contributed by atoms with E-state index in [1.54, 1.807) is 42.5 Å². The fourth-order valence-corrected chi connectivity index (χ4v) is 4.42. The molecule has 28 heavy (non-hydrogen) atoms.